The molecule has 1 spiro atoms. The molecule has 3 amide bonds. The van der Waals surface area contributed by atoms with Gasteiger partial charge in [0.05, 0.1) is 5.69 Å². The summed E-state index contributed by atoms with van der Waals surface area (Å²) in [5, 5.41) is 14.6. The molecular formula is C19H23FN3O4+. The van der Waals surface area contributed by atoms with Gasteiger partial charge in [0.15, 0.2) is 0 Å². The Kier molecular flexibility index (Phi) is 3.58. The Morgan fingerprint density at radius 2 is 1.93 bits per heavy atom. The number of carbonyl (C=O) groups is 3. The summed E-state index contributed by atoms with van der Waals surface area (Å²) in [7, 11) is 0. The number of nitrogens with zero attached hydrogens (tertiary/aromatic N) is 1. The zero-order chi connectivity index (χ0) is 19.9. The minimum absolute atomic E-state index is 0.350. The van der Waals surface area contributed by atoms with Gasteiger partial charge in [-0.25, -0.2) is 4.39 Å². The summed E-state index contributed by atoms with van der Waals surface area (Å²) < 4.78 is 14.0. The number of aliphatic hydroxyl groups excluding tert-OH is 1. The Morgan fingerprint density at radius 3 is 2.52 bits per heavy atom. The van der Waals surface area contributed by atoms with Crippen molar-refractivity contribution in [1.82, 2.24) is 4.90 Å². The summed E-state index contributed by atoms with van der Waals surface area (Å²) in [6, 6.07) is 3.25. The van der Waals surface area contributed by atoms with Gasteiger partial charge in [-0.2, -0.15) is 0 Å². The largest absolute Gasteiger partial charge is 0.387 e. The van der Waals surface area contributed by atoms with Crippen LogP contribution in [0.2, 0.25) is 0 Å². The molecular weight excluding hydrogens is 353 g/mol. The van der Waals surface area contributed by atoms with Crippen molar-refractivity contribution in [2.75, 3.05) is 5.32 Å². The van der Waals surface area contributed by atoms with Crippen molar-refractivity contribution in [3.8, 4) is 0 Å². The van der Waals surface area contributed by atoms with E-state index in [-0.39, 0.29) is 0 Å². The summed E-state index contributed by atoms with van der Waals surface area (Å²) in [6.45, 7) is 6.79. The Morgan fingerprint density at radius 1 is 1.26 bits per heavy atom. The van der Waals surface area contributed by atoms with Gasteiger partial charge in [0.25, 0.3) is 5.91 Å². The first kappa shape index (κ1) is 18.1. The molecule has 1 aromatic carbocycles. The van der Waals surface area contributed by atoms with Crippen LogP contribution in [0.5, 0.6) is 0 Å². The third-order valence-electron chi connectivity index (χ3n) is 5.99. The number of hydrogen-bond donors (Lipinski definition) is 3. The first-order chi connectivity index (χ1) is 12.5. The fourth-order valence-corrected chi connectivity index (χ4v) is 4.96. The number of nitrogens with two attached hydrogens (primary N) is 1. The number of likely N-dealkylation sites (tertiary alicyclic amines) is 1. The topological polar surface area (TPSA) is 103 Å². The van der Waals surface area contributed by atoms with Crippen molar-refractivity contribution >= 4 is 23.4 Å². The molecule has 0 aliphatic carbocycles. The molecule has 3 aliphatic heterocycles. The number of quaternary nitrogens is 1. The molecule has 2 fully saturated rings. The zero-order valence-corrected chi connectivity index (χ0v) is 15.6. The van der Waals surface area contributed by atoms with Gasteiger partial charge in [0.2, 0.25) is 17.4 Å². The van der Waals surface area contributed by atoms with Crippen LogP contribution < -0.4 is 10.6 Å². The minimum Gasteiger partial charge on any atom is -0.387 e. The molecule has 0 radical (unpaired) electrons. The number of benzene rings is 1. The standard InChI is InChI=1S/C19H22FN3O4/c1-8(24)14-12-13(16(26)23(15(12)25)18(2,3)4)19(22-14)10-7-9(20)5-6-11(10)21-17(19)27/h5-8,12-14,22,24H,1-4H3,(H,21,27)/p+1/t8-,12+,13+,14+,19+/m1/s1. The Bertz CT molecular complexity index is 878. The van der Waals surface area contributed by atoms with Crippen LogP contribution in [0.15, 0.2) is 18.2 Å². The Labute approximate surface area is 155 Å². The van der Waals surface area contributed by atoms with Crippen LogP contribution in [-0.2, 0) is 19.9 Å². The van der Waals surface area contributed by atoms with Crippen molar-refractivity contribution in [2.45, 2.75) is 50.9 Å². The van der Waals surface area contributed by atoms with E-state index in [0.29, 0.717) is 11.3 Å². The molecule has 1 aromatic rings. The molecule has 4 rings (SSSR count). The van der Waals surface area contributed by atoms with E-state index in [0.717, 1.165) is 0 Å². The number of fused-ring (bicyclic) bond motifs is 4. The lowest BCUT2D eigenvalue weighted by atomic mass is 9.76. The second-order valence-corrected chi connectivity index (χ2v) is 8.68. The molecule has 144 valence electrons. The third kappa shape index (κ3) is 2.17. The summed E-state index contributed by atoms with van der Waals surface area (Å²) in [6.07, 6.45) is -0.932. The molecule has 27 heavy (non-hydrogen) atoms. The molecule has 2 saturated heterocycles. The number of imide groups is 1. The van der Waals surface area contributed by atoms with Gasteiger partial charge >= 0.3 is 0 Å². The van der Waals surface area contributed by atoms with Crippen LogP contribution in [0.25, 0.3) is 0 Å². The number of anilines is 1. The average molecular weight is 376 g/mol. The average Bonchev–Trinajstić information content (AvgIpc) is 3.13. The van der Waals surface area contributed by atoms with E-state index in [9.17, 15) is 23.9 Å². The molecule has 5 atom stereocenters. The highest BCUT2D eigenvalue weighted by molar-refractivity contribution is 6.14. The van der Waals surface area contributed by atoms with Crippen LogP contribution >= 0.6 is 0 Å². The van der Waals surface area contributed by atoms with Gasteiger partial charge in [-0.3, -0.25) is 19.3 Å². The van der Waals surface area contributed by atoms with Gasteiger partial charge < -0.3 is 15.7 Å². The summed E-state index contributed by atoms with van der Waals surface area (Å²) in [4.78, 5) is 40.7. The third-order valence-corrected chi connectivity index (χ3v) is 5.99. The molecule has 8 heteroatoms. The van der Waals surface area contributed by atoms with E-state index >= 15 is 0 Å². The maximum Gasteiger partial charge on any atom is 0.291 e. The first-order valence-corrected chi connectivity index (χ1v) is 9.03. The molecule has 3 aliphatic rings. The number of halogens is 1. The fourth-order valence-electron chi connectivity index (χ4n) is 4.96. The molecule has 0 saturated carbocycles. The van der Waals surface area contributed by atoms with E-state index in [1.165, 1.54) is 30.0 Å². The van der Waals surface area contributed by atoms with E-state index in [2.05, 4.69) is 5.32 Å². The quantitative estimate of drug-likeness (QED) is 0.586. The zero-order valence-electron chi connectivity index (χ0n) is 15.6. The van der Waals surface area contributed by atoms with Crippen LogP contribution in [0, 0.1) is 17.7 Å². The van der Waals surface area contributed by atoms with Gasteiger partial charge in [-0.1, -0.05) is 0 Å². The van der Waals surface area contributed by atoms with Crippen LogP contribution in [0.3, 0.4) is 0 Å². The summed E-state index contributed by atoms with van der Waals surface area (Å²) in [5.74, 6) is -3.68. The summed E-state index contributed by atoms with van der Waals surface area (Å²) in [5.41, 5.74) is -1.45. The molecule has 0 bridgehead atoms. The van der Waals surface area contributed by atoms with Crippen molar-refractivity contribution in [1.29, 1.82) is 0 Å². The second-order valence-electron chi connectivity index (χ2n) is 8.68. The Hall–Kier alpha value is -2.32. The highest BCUT2D eigenvalue weighted by Crippen LogP contribution is 2.50. The van der Waals surface area contributed by atoms with E-state index in [1.54, 1.807) is 26.1 Å². The lowest BCUT2D eigenvalue weighted by molar-refractivity contribution is -0.738. The molecule has 0 aromatic heterocycles. The molecule has 0 unspecified atom stereocenters. The van der Waals surface area contributed by atoms with E-state index in [1.807, 2.05) is 0 Å². The van der Waals surface area contributed by atoms with Gasteiger partial charge in [-0.15, -0.1) is 0 Å². The van der Waals surface area contributed by atoms with E-state index < -0.39 is 58.6 Å². The van der Waals surface area contributed by atoms with Crippen LogP contribution in [0.1, 0.15) is 33.3 Å². The van der Waals surface area contributed by atoms with Gasteiger partial charge in [-0.05, 0) is 45.9 Å². The SMILES string of the molecule is C[C@@H](O)[C@@H]1[NH2+][C@]2(C(=O)Nc3ccc(F)cc32)[C@@H]2C(=O)N(C(C)(C)C)C(=O)[C@H]12. The minimum atomic E-state index is -1.46. The van der Waals surface area contributed by atoms with Crippen molar-refractivity contribution in [3.05, 3.63) is 29.6 Å². The number of rotatable bonds is 1. The highest BCUT2D eigenvalue weighted by Gasteiger charge is 2.75. The van der Waals surface area contributed by atoms with Crippen LogP contribution in [-0.4, -0.2) is 45.4 Å². The predicted molar refractivity (Wildman–Crippen MR) is 92.7 cm³/mol. The number of nitrogens with one attached hydrogen (secondary N) is 1. The van der Waals surface area contributed by atoms with Crippen molar-refractivity contribution in [3.63, 3.8) is 0 Å². The maximum absolute atomic E-state index is 14.0. The number of hydrogen-bond acceptors (Lipinski definition) is 4. The van der Waals surface area contributed by atoms with Gasteiger partial charge in [0, 0.05) is 11.1 Å². The lowest BCUT2D eigenvalue weighted by Crippen LogP contribution is -3.00. The maximum atomic E-state index is 14.0. The second kappa shape index (κ2) is 5.36. The van der Waals surface area contributed by atoms with E-state index in [4.69, 9.17) is 0 Å². The fraction of sp³-hybridized carbons (Fsp3) is 0.526. The highest BCUT2D eigenvalue weighted by atomic mass is 19.1. The van der Waals surface area contributed by atoms with Crippen LogP contribution in [0.4, 0.5) is 10.1 Å². The van der Waals surface area contributed by atoms with Crippen molar-refractivity contribution < 1.29 is 29.2 Å². The number of carbonyl (C=O) groups excluding carboxylic acids is 3. The summed E-state index contributed by atoms with van der Waals surface area (Å²) >= 11 is 0. The molecule has 7 nitrogen and oxygen atoms in total. The molecule has 3 heterocycles. The smallest absolute Gasteiger partial charge is 0.291 e. The van der Waals surface area contributed by atoms with Gasteiger partial charge in [0.1, 0.15) is 29.8 Å². The Balaban J connectivity index is 1.95. The number of aliphatic hydroxyl groups is 1. The number of amides is 3. The normalized spacial score (nSPS) is 33.5. The lowest BCUT2D eigenvalue weighted by Gasteiger charge is -2.33. The predicted octanol–water partition coefficient (Wildman–Crippen LogP) is -0.301. The van der Waals surface area contributed by atoms with Crippen molar-refractivity contribution in [2.24, 2.45) is 11.8 Å². The molecule has 4 N–H and O–H groups in total. The monoisotopic (exact) mass is 376 g/mol. The first-order valence-electron chi connectivity index (χ1n) is 9.03.